The molecule has 0 aromatic carbocycles. The van der Waals surface area contributed by atoms with Crippen LogP contribution in [-0.2, 0) is 9.53 Å². The minimum atomic E-state index is -0.848. The van der Waals surface area contributed by atoms with Gasteiger partial charge in [-0.15, -0.1) is 0 Å². The Hall–Kier alpha value is -0.610. The van der Waals surface area contributed by atoms with E-state index in [9.17, 15) is 4.79 Å². The summed E-state index contributed by atoms with van der Waals surface area (Å²) in [5.74, 6) is 0.466. The molecule has 4 heteroatoms. The number of ether oxygens (including phenoxy) is 1. The number of nitrogens with zero attached hydrogens (tertiary/aromatic N) is 1. The fourth-order valence-electron chi connectivity index (χ4n) is 2.68. The summed E-state index contributed by atoms with van der Waals surface area (Å²) in [6.07, 6.45) is 4.23. The van der Waals surface area contributed by atoms with E-state index in [1.54, 1.807) is 6.92 Å². The summed E-state index contributed by atoms with van der Waals surface area (Å²) >= 11 is 0. The maximum atomic E-state index is 11.5. The number of likely N-dealkylation sites (tertiary alicyclic amines) is 1. The van der Waals surface area contributed by atoms with Gasteiger partial charge in [0.05, 0.1) is 7.11 Å². The standard InChI is InChI=1S/C14H28N2O2/c1-11-6-7-12(2)16(10-11)9-5-8-14(3,15)13(17)18-4/h11-12H,5-10,15H2,1-4H3. The third kappa shape index (κ3) is 4.25. The normalized spacial score (nSPS) is 28.7. The van der Waals surface area contributed by atoms with Crippen molar-refractivity contribution in [3.8, 4) is 0 Å². The summed E-state index contributed by atoms with van der Waals surface area (Å²) in [6, 6.07) is 0.656. The van der Waals surface area contributed by atoms with Crippen molar-refractivity contribution < 1.29 is 9.53 Å². The summed E-state index contributed by atoms with van der Waals surface area (Å²) in [5, 5.41) is 0. The highest BCUT2D eigenvalue weighted by molar-refractivity contribution is 5.79. The van der Waals surface area contributed by atoms with Crippen molar-refractivity contribution in [1.82, 2.24) is 4.90 Å². The van der Waals surface area contributed by atoms with Gasteiger partial charge in [-0.1, -0.05) is 6.92 Å². The molecule has 1 fully saturated rings. The van der Waals surface area contributed by atoms with Crippen LogP contribution in [0.5, 0.6) is 0 Å². The predicted octanol–water partition coefficient (Wildman–Crippen LogP) is 1.78. The Labute approximate surface area is 111 Å². The van der Waals surface area contributed by atoms with Gasteiger partial charge in [0.2, 0.25) is 0 Å². The average molecular weight is 256 g/mol. The first-order chi connectivity index (χ1) is 8.36. The molecule has 2 N–H and O–H groups in total. The highest BCUT2D eigenvalue weighted by Crippen LogP contribution is 2.22. The number of nitrogens with two attached hydrogens (primary N) is 1. The van der Waals surface area contributed by atoms with Crippen LogP contribution in [0.3, 0.4) is 0 Å². The lowest BCUT2D eigenvalue weighted by atomic mass is 9.93. The average Bonchev–Trinajstić information content (AvgIpc) is 2.32. The zero-order valence-electron chi connectivity index (χ0n) is 12.2. The number of hydrogen-bond donors (Lipinski definition) is 1. The lowest BCUT2D eigenvalue weighted by molar-refractivity contribution is -0.146. The van der Waals surface area contributed by atoms with Gasteiger partial charge in [0.1, 0.15) is 5.54 Å². The first-order valence-corrected chi connectivity index (χ1v) is 6.98. The van der Waals surface area contributed by atoms with Gasteiger partial charge in [0.25, 0.3) is 0 Å². The van der Waals surface area contributed by atoms with Gasteiger partial charge in [-0.3, -0.25) is 4.79 Å². The van der Waals surface area contributed by atoms with E-state index in [0.29, 0.717) is 12.5 Å². The molecular weight excluding hydrogens is 228 g/mol. The summed E-state index contributed by atoms with van der Waals surface area (Å²) in [6.45, 7) is 8.53. The number of hydrogen-bond acceptors (Lipinski definition) is 4. The highest BCUT2D eigenvalue weighted by Gasteiger charge is 2.29. The Kier molecular flexibility index (Phi) is 5.60. The van der Waals surface area contributed by atoms with Gasteiger partial charge in [0.15, 0.2) is 0 Å². The lowest BCUT2D eigenvalue weighted by Gasteiger charge is -2.37. The molecule has 0 aliphatic carbocycles. The second-order valence-electron chi connectivity index (χ2n) is 6.04. The van der Waals surface area contributed by atoms with E-state index in [4.69, 9.17) is 10.5 Å². The highest BCUT2D eigenvalue weighted by atomic mass is 16.5. The molecule has 3 atom stereocenters. The first kappa shape index (κ1) is 15.4. The summed E-state index contributed by atoms with van der Waals surface area (Å²) in [4.78, 5) is 14.0. The van der Waals surface area contributed by atoms with E-state index in [-0.39, 0.29) is 5.97 Å². The van der Waals surface area contributed by atoms with Crippen molar-refractivity contribution in [3.05, 3.63) is 0 Å². The number of carbonyl (C=O) groups excluding carboxylic acids is 1. The van der Waals surface area contributed by atoms with Crippen LogP contribution in [-0.4, -0.2) is 42.6 Å². The molecule has 0 bridgehead atoms. The smallest absolute Gasteiger partial charge is 0.325 e. The molecule has 0 radical (unpaired) electrons. The van der Waals surface area contributed by atoms with Crippen LogP contribution >= 0.6 is 0 Å². The fourth-order valence-corrected chi connectivity index (χ4v) is 2.68. The number of rotatable bonds is 5. The summed E-state index contributed by atoms with van der Waals surface area (Å²) < 4.78 is 4.72. The van der Waals surface area contributed by atoms with Crippen molar-refractivity contribution in [2.45, 2.75) is 58.0 Å². The van der Waals surface area contributed by atoms with Crippen molar-refractivity contribution in [2.24, 2.45) is 11.7 Å². The molecule has 0 amide bonds. The van der Waals surface area contributed by atoms with Crippen LogP contribution in [0.4, 0.5) is 0 Å². The second kappa shape index (κ2) is 6.53. The zero-order valence-corrected chi connectivity index (χ0v) is 12.2. The Morgan fingerprint density at radius 1 is 1.44 bits per heavy atom. The van der Waals surface area contributed by atoms with Crippen LogP contribution < -0.4 is 5.73 Å². The maximum absolute atomic E-state index is 11.5. The Balaban J connectivity index is 2.34. The molecule has 0 saturated carbocycles. The summed E-state index contributed by atoms with van der Waals surface area (Å²) in [5.41, 5.74) is 5.11. The molecule has 0 aromatic heterocycles. The predicted molar refractivity (Wildman–Crippen MR) is 73.3 cm³/mol. The topological polar surface area (TPSA) is 55.6 Å². The van der Waals surface area contributed by atoms with E-state index in [1.165, 1.54) is 26.5 Å². The van der Waals surface area contributed by atoms with Gasteiger partial charge < -0.3 is 15.4 Å². The molecule has 1 saturated heterocycles. The van der Waals surface area contributed by atoms with Gasteiger partial charge in [-0.25, -0.2) is 0 Å². The van der Waals surface area contributed by atoms with Gasteiger partial charge in [0, 0.05) is 12.6 Å². The zero-order chi connectivity index (χ0) is 13.8. The molecule has 0 spiro atoms. The lowest BCUT2D eigenvalue weighted by Crippen LogP contribution is -2.47. The van der Waals surface area contributed by atoms with Crippen LogP contribution in [0.25, 0.3) is 0 Å². The molecule has 4 nitrogen and oxygen atoms in total. The number of carbonyl (C=O) groups is 1. The Morgan fingerprint density at radius 2 is 2.11 bits per heavy atom. The molecule has 1 aliphatic heterocycles. The van der Waals surface area contributed by atoms with E-state index >= 15 is 0 Å². The third-order valence-corrected chi connectivity index (χ3v) is 4.04. The molecule has 1 aliphatic rings. The van der Waals surface area contributed by atoms with Crippen LogP contribution in [0.1, 0.15) is 46.5 Å². The van der Waals surface area contributed by atoms with Gasteiger partial charge >= 0.3 is 5.97 Å². The molecular formula is C14H28N2O2. The molecule has 106 valence electrons. The van der Waals surface area contributed by atoms with E-state index < -0.39 is 5.54 Å². The van der Waals surface area contributed by atoms with Crippen molar-refractivity contribution in [1.29, 1.82) is 0 Å². The monoisotopic (exact) mass is 256 g/mol. The molecule has 1 heterocycles. The Bertz CT molecular complexity index is 279. The van der Waals surface area contributed by atoms with Crippen molar-refractivity contribution in [3.63, 3.8) is 0 Å². The largest absolute Gasteiger partial charge is 0.468 e. The number of piperidine rings is 1. The van der Waals surface area contributed by atoms with Crippen LogP contribution in [0.2, 0.25) is 0 Å². The van der Waals surface area contributed by atoms with Gasteiger partial charge in [-0.2, -0.15) is 0 Å². The number of methoxy groups -OCH3 is 1. The Morgan fingerprint density at radius 3 is 2.72 bits per heavy atom. The first-order valence-electron chi connectivity index (χ1n) is 6.98. The van der Waals surface area contributed by atoms with Crippen LogP contribution in [0.15, 0.2) is 0 Å². The fraction of sp³-hybridized carbons (Fsp3) is 0.929. The maximum Gasteiger partial charge on any atom is 0.325 e. The SMILES string of the molecule is COC(=O)C(C)(N)CCCN1CC(C)CCC1C. The molecule has 0 aromatic rings. The van der Waals surface area contributed by atoms with Crippen LogP contribution in [0, 0.1) is 5.92 Å². The number of esters is 1. The minimum Gasteiger partial charge on any atom is -0.468 e. The summed E-state index contributed by atoms with van der Waals surface area (Å²) in [7, 11) is 1.39. The second-order valence-corrected chi connectivity index (χ2v) is 6.04. The van der Waals surface area contributed by atoms with Gasteiger partial charge in [-0.05, 0) is 52.0 Å². The minimum absolute atomic E-state index is 0.317. The third-order valence-electron chi connectivity index (χ3n) is 4.04. The molecule has 1 rings (SSSR count). The van der Waals surface area contributed by atoms with E-state index in [2.05, 4.69) is 18.7 Å². The molecule has 3 unspecified atom stereocenters. The molecule has 18 heavy (non-hydrogen) atoms. The van der Waals surface area contributed by atoms with E-state index in [1.807, 2.05) is 0 Å². The quantitative estimate of drug-likeness (QED) is 0.762. The van der Waals surface area contributed by atoms with Crippen molar-refractivity contribution >= 4 is 5.97 Å². The van der Waals surface area contributed by atoms with E-state index in [0.717, 1.165) is 18.9 Å². The van der Waals surface area contributed by atoms with Crippen molar-refractivity contribution in [2.75, 3.05) is 20.2 Å².